The van der Waals surface area contributed by atoms with Crippen LogP contribution in [0.4, 0.5) is 0 Å². The van der Waals surface area contributed by atoms with Crippen LogP contribution in [-0.4, -0.2) is 25.5 Å². The summed E-state index contributed by atoms with van der Waals surface area (Å²) in [6.07, 6.45) is 5.77. The second kappa shape index (κ2) is 6.41. The number of benzene rings is 1. The lowest BCUT2D eigenvalue weighted by atomic mass is 9.68. The van der Waals surface area contributed by atoms with E-state index in [4.69, 9.17) is 0 Å². The summed E-state index contributed by atoms with van der Waals surface area (Å²) < 4.78 is 0. The normalized spacial score (nSPS) is 31.2. The van der Waals surface area contributed by atoms with Crippen molar-refractivity contribution in [3.63, 3.8) is 0 Å². The number of hydrogen-bond donors (Lipinski definition) is 2. The summed E-state index contributed by atoms with van der Waals surface area (Å²) in [6.45, 7) is 2.81. The monoisotopic (exact) mass is 300 g/mol. The van der Waals surface area contributed by atoms with Gasteiger partial charge in [-0.1, -0.05) is 36.8 Å². The first-order valence-corrected chi connectivity index (χ1v) is 8.63. The van der Waals surface area contributed by atoms with Gasteiger partial charge in [-0.15, -0.1) is 0 Å². The highest BCUT2D eigenvalue weighted by Crippen LogP contribution is 2.57. The molecule has 0 aromatic heterocycles. The standard InChI is InChI=1S/C19H28N2O/c1-14(20-2)13-21-18(22)19(11-15-6-4-3-5-7-15)12-16-8-9-17(19)10-16/h3-7,14,16-17,20H,8-13H2,1-2H3,(H,21,22). The number of amides is 1. The first-order chi connectivity index (χ1) is 10.6. The maximum atomic E-state index is 13.0. The van der Waals surface area contributed by atoms with Gasteiger partial charge in [0, 0.05) is 12.6 Å². The molecule has 3 heteroatoms. The summed E-state index contributed by atoms with van der Waals surface area (Å²) in [4.78, 5) is 13.0. The maximum Gasteiger partial charge on any atom is 0.226 e. The van der Waals surface area contributed by atoms with E-state index in [-0.39, 0.29) is 11.3 Å². The molecule has 1 amide bonds. The lowest BCUT2D eigenvalue weighted by molar-refractivity contribution is -0.134. The molecular weight excluding hydrogens is 272 g/mol. The number of fused-ring (bicyclic) bond motifs is 2. The second-order valence-corrected chi connectivity index (χ2v) is 7.30. The summed E-state index contributed by atoms with van der Waals surface area (Å²) in [7, 11) is 1.94. The Balaban J connectivity index is 1.77. The minimum atomic E-state index is -0.169. The summed E-state index contributed by atoms with van der Waals surface area (Å²) in [5.41, 5.74) is 1.13. The quantitative estimate of drug-likeness (QED) is 0.848. The van der Waals surface area contributed by atoms with Crippen LogP contribution in [0.3, 0.4) is 0 Å². The zero-order valence-corrected chi connectivity index (χ0v) is 13.8. The van der Waals surface area contributed by atoms with E-state index in [1.807, 2.05) is 13.1 Å². The van der Waals surface area contributed by atoms with Crippen LogP contribution in [0.1, 0.15) is 38.2 Å². The van der Waals surface area contributed by atoms with Gasteiger partial charge in [0.15, 0.2) is 0 Å². The van der Waals surface area contributed by atoms with Crippen molar-refractivity contribution in [3.8, 4) is 0 Å². The van der Waals surface area contributed by atoms with Gasteiger partial charge in [-0.3, -0.25) is 4.79 Å². The van der Waals surface area contributed by atoms with Crippen LogP contribution in [0.2, 0.25) is 0 Å². The first-order valence-electron chi connectivity index (χ1n) is 8.63. The van der Waals surface area contributed by atoms with Crippen LogP contribution in [0.25, 0.3) is 0 Å². The Morgan fingerprint density at radius 1 is 1.32 bits per heavy atom. The van der Waals surface area contributed by atoms with Gasteiger partial charge in [-0.2, -0.15) is 0 Å². The average Bonchev–Trinajstić information content (AvgIpc) is 3.14. The van der Waals surface area contributed by atoms with E-state index in [0.29, 0.717) is 18.5 Å². The Kier molecular flexibility index (Phi) is 4.53. The number of likely N-dealkylation sites (N-methyl/N-ethyl adjacent to an activating group) is 1. The number of hydrogen-bond acceptors (Lipinski definition) is 2. The summed E-state index contributed by atoms with van der Waals surface area (Å²) in [6, 6.07) is 10.9. The molecule has 0 spiro atoms. The van der Waals surface area contributed by atoms with Crippen LogP contribution >= 0.6 is 0 Å². The van der Waals surface area contributed by atoms with Gasteiger partial charge in [0.2, 0.25) is 5.91 Å². The minimum absolute atomic E-state index is 0.169. The summed E-state index contributed by atoms with van der Waals surface area (Å²) in [5, 5.41) is 6.41. The van der Waals surface area contributed by atoms with E-state index >= 15 is 0 Å². The zero-order chi connectivity index (χ0) is 15.6. The fraction of sp³-hybridized carbons (Fsp3) is 0.632. The Hall–Kier alpha value is -1.35. The molecule has 0 radical (unpaired) electrons. The van der Waals surface area contributed by atoms with Crippen molar-refractivity contribution in [2.24, 2.45) is 17.3 Å². The number of nitrogens with one attached hydrogen (secondary N) is 2. The molecule has 3 nitrogen and oxygen atoms in total. The van der Waals surface area contributed by atoms with Crippen LogP contribution in [0, 0.1) is 17.3 Å². The van der Waals surface area contributed by atoms with Crippen molar-refractivity contribution < 1.29 is 4.79 Å². The van der Waals surface area contributed by atoms with Crippen molar-refractivity contribution >= 4 is 5.91 Å². The topological polar surface area (TPSA) is 41.1 Å². The van der Waals surface area contributed by atoms with E-state index in [9.17, 15) is 4.79 Å². The second-order valence-electron chi connectivity index (χ2n) is 7.30. The molecule has 120 valence electrons. The molecular formula is C19H28N2O. The third kappa shape index (κ3) is 2.91. The van der Waals surface area contributed by atoms with Crippen molar-refractivity contribution in [2.45, 2.75) is 45.1 Å². The molecule has 0 heterocycles. The molecule has 0 aliphatic heterocycles. The molecule has 2 fully saturated rings. The van der Waals surface area contributed by atoms with Crippen LogP contribution in [0.5, 0.6) is 0 Å². The molecule has 4 unspecified atom stereocenters. The van der Waals surface area contributed by atoms with E-state index in [1.54, 1.807) is 0 Å². The Labute approximate surface area is 133 Å². The van der Waals surface area contributed by atoms with Gasteiger partial charge >= 0.3 is 0 Å². The first kappa shape index (κ1) is 15.5. The van der Waals surface area contributed by atoms with Gasteiger partial charge in [0.25, 0.3) is 0 Å². The third-order valence-corrected chi connectivity index (χ3v) is 5.85. The van der Waals surface area contributed by atoms with Crippen LogP contribution < -0.4 is 10.6 Å². The predicted octanol–water partition coefficient (Wildman–Crippen LogP) is 2.76. The molecule has 2 N–H and O–H groups in total. The highest BCUT2D eigenvalue weighted by atomic mass is 16.2. The highest BCUT2D eigenvalue weighted by molar-refractivity contribution is 5.84. The molecule has 2 bridgehead atoms. The zero-order valence-electron chi connectivity index (χ0n) is 13.8. The van der Waals surface area contributed by atoms with Gasteiger partial charge in [0.05, 0.1) is 5.41 Å². The van der Waals surface area contributed by atoms with Crippen molar-refractivity contribution in [1.82, 2.24) is 10.6 Å². The fourth-order valence-corrected chi connectivity index (χ4v) is 4.50. The maximum absolute atomic E-state index is 13.0. The average molecular weight is 300 g/mol. The molecule has 3 rings (SSSR count). The molecule has 1 aromatic carbocycles. The van der Waals surface area contributed by atoms with Gasteiger partial charge in [0.1, 0.15) is 0 Å². The Bertz CT molecular complexity index is 515. The van der Waals surface area contributed by atoms with Crippen molar-refractivity contribution in [2.75, 3.05) is 13.6 Å². The van der Waals surface area contributed by atoms with Gasteiger partial charge in [-0.05, 0) is 57.1 Å². The lowest BCUT2D eigenvalue weighted by Crippen LogP contribution is -2.49. The van der Waals surface area contributed by atoms with Crippen molar-refractivity contribution in [1.29, 1.82) is 0 Å². The lowest BCUT2D eigenvalue weighted by Gasteiger charge is -2.37. The molecule has 2 aliphatic carbocycles. The molecule has 2 saturated carbocycles. The minimum Gasteiger partial charge on any atom is -0.354 e. The molecule has 0 saturated heterocycles. The van der Waals surface area contributed by atoms with E-state index in [2.05, 4.69) is 41.8 Å². The van der Waals surface area contributed by atoms with Gasteiger partial charge in [-0.25, -0.2) is 0 Å². The van der Waals surface area contributed by atoms with E-state index in [1.165, 1.54) is 24.8 Å². The summed E-state index contributed by atoms with van der Waals surface area (Å²) in [5.74, 6) is 1.62. The Morgan fingerprint density at radius 3 is 2.68 bits per heavy atom. The SMILES string of the molecule is CNC(C)CNC(=O)C1(Cc2ccccc2)CC2CCC1C2. The molecule has 1 aromatic rings. The number of carbonyl (C=O) groups is 1. The smallest absolute Gasteiger partial charge is 0.226 e. The molecule has 4 atom stereocenters. The van der Waals surface area contributed by atoms with Gasteiger partial charge < -0.3 is 10.6 Å². The third-order valence-electron chi connectivity index (χ3n) is 5.85. The number of rotatable bonds is 6. The van der Waals surface area contributed by atoms with Crippen LogP contribution in [-0.2, 0) is 11.2 Å². The van der Waals surface area contributed by atoms with E-state index in [0.717, 1.165) is 18.8 Å². The largest absolute Gasteiger partial charge is 0.354 e. The van der Waals surface area contributed by atoms with Crippen LogP contribution in [0.15, 0.2) is 30.3 Å². The Morgan fingerprint density at radius 2 is 2.09 bits per heavy atom. The highest BCUT2D eigenvalue weighted by Gasteiger charge is 2.55. The molecule has 2 aliphatic rings. The van der Waals surface area contributed by atoms with Crippen molar-refractivity contribution in [3.05, 3.63) is 35.9 Å². The predicted molar refractivity (Wildman–Crippen MR) is 89.6 cm³/mol. The van der Waals surface area contributed by atoms with E-state index < -0.39 is 0 Å². The molecule has 22 heavy (non-hydrogen) atoms. The summed E-state index contributed by atoms with van der Waals surface area (Å²) >= 11 is 0. The number of carbonyl (C=O) groups excluding carboxylic acids is 1. The fourth-order valence-electron chi connectivity index (χ4n) is 4.50.